The van der Waals surface area contributed by atoms with Gasteiger partial charge in [0.25, 0.3) is 0 Å². The van der Waals surface area contributed by atoms with Crippen molar-refractivity contribution < 1.29 is 4.79 Å². The molecule has 6 heteroatoms. The third-order valence-corrected chi connectivity index (χ3v) is 3.80. The van der Waals surface area contributed by atoms with Crippen LogP contribution < -0.4 is 9.80 Å². The molecule has 1 atom stereocenters. The minimum atomic E-state index is 0. The summed E-state index contributed by atoms with van der Waals surface area (Å²) in [6.45, 7) is 4.28. The Balaban J connectivity index is 0.00000133. The highest BCUT2D eigenvalue weighted by Crippen LogP contribution is 2.28. The number of hydrogen-bond donors (Lipinski definition) is 0. The summed E-state index contributed by atoms with van der Waals surface area (Å²) in [6.07, 6.45) is 4.71. The summed E-state index contributed by atoms with van der Waals surface area (Å²) in [4.78, 5) is 24.5. The van der Waals surface area contributed by atoms with Crippen molar-refractivity contribution in [1.29, 1.82) is 0 Å². The number of amides is 1. The number of carbonyl (C=O) groups is 1. The first-order chi connectivity index (χ1) is 8.65. The molecular formula is C13H19ClN4O. The molecular weight excluding hydrogens is 264 g/mol. The van der Waals surface area contributed by atoms with Crippen LogP contribution in [-0.4, -0.2) is 36.0 Å². The van der Waals surface area contributed by atoms with Gasteiger partial charge in [-0.2, -0.15) is 4.98 Å². The SMILES string of the molecule is CC1CCCN(c2ncc3c(n2)N(C)C(=O)C3)C1.Cl. The molecule has 0 saturated carbocycles. The smallest absolute Gasteiger partial charge is 0.232 e. The fourth-order valence-corrected chi connectivity index (χ4v) is 2.73. The van der Waals surface area contributed by atoms with Crippen LogP contribution in [0.4, 0.5) is 11.8 Å². The van der Waals surface area contributed by atoms with Crippen molar-refractivity contribution in [1.82, 2.24) is 9.97 Å². The molecule has 104 valence electrons. The normalized spacial score (nSPS) is 22.2. The van der Waals surface area contributed by atoms with E-state index in [2.05, 4.69) is 21.8 Å². The molecule has 0 aromatic carbocycles. The highest BCUT2D eigenvalue weighted by Gasteiger charge is 2.27. The lowest BCUT2D eigenvalue weighted by molar-refractivity contribution is -0.117. The number of piperidine rings is 1. The van der Waals surface area contributed by atoms with Crippen molar-refractivity contribution in [3.8, 4) is 0 Å². The lowest BCUT2D eigenvalue weighted by atomic mass is 10.0. The van der Waals surface area contributed by atoms with Gasteiger partial charge < -0.3 is 4.90 Å². The molecule has 1 aromatic rings. The Kier molecular flexibility index (Phi) is 3.94. The summed E-state index contributed by atoms with van der Waals surface area (Å²) in [7, 11) is 1.78. The van der Waals surface area contributed by atoms with Gasteiger partial charge in [-0.3, -0.25) is 9.69 Å². The van der Waals surface area contributed by atoms with Gasteiger partial charge in [-0.15, -0.1) is 12.4 Å². The molecule has 0 N–H and O–H groups in total. The molecule has 3 heterocycles. The predicted octanol–water partition coefficient (Wildman–Crippen LogP) is 1.65. The zero-order chi connectivity index (χ0) is 12.7. The lowest BCUT2D eigenvalue weighted by Crippen LogP contribution is -2.35. The second-order valence-electron chi connectivity index (χ2n) is 5.34. The number of halogens is 1. The summed E-state index contributed by atoms with van der Waals surface area (Å²) in [5.41, 5.74) is 0.941. The maximum Gasteiger partial charge on any atom is 0.232 e. The van der Waals surface area contributed by atoms with E-state index in [9.17, 15) is 4.79 Å². The van der Waals surface area contributed by atoms with Gasteiger partial charge in [0.15, 0.2) is 0 Å². The van der Waals surface area contributed by atoms with Crippen molar-refractivity contribution in [2.75, 3.05) is 29.9 Å². The Morgan fingerprint density at radius 3 is 2.95 bits per heavy atom. The van der Waals surface area contributed by atoms with Gasteiger partial charge in [0.2, 0.25) is 11.9 Å². The van der Waals surface area contributed by atoms with Crippen LogP contribution in [0.1, 0.15) is 25.3 Å². The second-order valence-corrected chi connectivity index (χ2v) is 5.34. The third kappa shape index (κ3) is 2.52. The first kappa shape index (κ1) is 14.1. The number of anilines is 2. The standard InChI is InChI=1S/C13H18N4O.ClH/c1-9-4-3-5-17(8-9)13-14-7-10-6-11(18)16(2)12(10)15-13;/h7,9H,3-6,8H2,1-2H3;1H. The fourth-order valence-electron chi connectivity index (χ4n) is 2.73. The van der Waals surface area contributed by atoms with Crippen LogP contribution >= 0.6 is 12.4 Å². The monoisotopic (exact) mass is 282 g/mol. The molecule has 19 heavy (non-hydrogen) atoms. The van der Waals surface area contributed by atoms with E-state index >= 15 is 0 Å². The summed E-state index contributed by atoms with van der Waals surface area (Å²) in [5, 5.41) is 0. The summed E-state index contributed by atoms with van der Waals surface area (Å²) >= 11 is 0. The van der Waals surface area contributed by atoms with Crippen LogP contribution in [0.5, 0.6) is 0 Å². The quantitative estimate of drug-likeness (QED) is 0.786. The maximum atomic E-state index is 11.6. The Morgan fingerprint density at radius 1 is 1.42 bits per heavy atom. The van der Waals surface area contributed by atoms with E-state index in [1.165, 1.54) is 12.8 Å². The number of nitrogens with zero attached hydrogens (tertiary/aromatic N) is 4. The van der Waals surface area contributed by atoms with Crippen molar-refractivity contribution in [3.63, 3.8) is 0 Å². The number of fused-ring (bicyclic) bond motifs is 1. The minimum absolute atomic E-state index is 0. The molecule has 1 amide bonds. The summed E-state index contributed by atoms with van der Waals surface area (Å²) in [5.74, 6) is 2.34. The molecule has 1 unspecified atom stereocenters. The van der Waals surface area contributed by atoms with Crippen LogP contribution in [0, 0.1) is 5.92 Å². The summed E-state index contributed by atoms with van der Waals surface area (Å²) < 4.78 is 0. The van der Waals surface area contributed by atoms with E-state index in [1.54, 1.807) is 18.1 Å². The highest BCUT2D eigenvalue weighted by atomic mass is 35.5. The molecule has 0 bridgehead atoms. The largest absolute Gasteiger partial charge is 0.341 e. The Hall–Kier alpha value is -1.36. The van der Waals surface area contributed by atoms with E-state index in [4.69, 9.17) is 0 Å². The molecule has 3 rings (SSSR count). The average Bonchev–Trinajstić information content (AvgIpc) is 2.65. The van der Waals surface area contributed by atoms with Crippen molar-refractivity contribution in [2.45, 2.75) is 26.2 Å². The van der Waals surface area contributed by atoms with Gasteiger partial charge in [-0.25, -0.2) is 4.98 Å². The van der Waals surface area contributed by atoms with E-state index in [1.807, 2.05) is 0 Å². The van der Waals surface area contributed by atoms with Crippen LogP contribution in [0.3, 0.4) is 0 Å². The molecule has 1 saturated heterocycles. The molecule has 0 radical (unpaired) electrons. The van der Waals surface area contributed by atoms with Gasteiger partial charge in [-0.05, 0) is 18.8 Å². The first-order valence-electron chi connectivity index (χ1n) is 6.52. The van der Waals surface area contributed by atoms with Crippen LogP contribution in [0.25, 0.3) is 0 Å². The Bertz CT molecular complexity index is 494. The molecule has 0 aliphatic carbocycles. The Morgan fingerprint density at radius 2 is 2.21 bits per heavy atom. The van der Waals surface area contributed by atoms with Gasteiger partial charge in [-0.1, -0.05) is 6.92 Å². The second kappa shape index (κ2) is 5.33. The van der Waals surface area contributed by atoms with Gasteiger partial charge in [0.05, 0.1) is 6.42 Å². The fraction of sp³-hybridized carbons (Fsp3) is 0.615. The van der Waals surface area contributed by atoms with Gasteiger partial charge in [0.1, 0.15) is 5.82 Å². The first-order valence-corrected chi connectivity index (χ1v) is 6.52. The Labute approximate surface area is 119 Å². The zero-order valence-corrected chi connectivity index (χ0v) is 12.1. The van der Waals surface area contributed by atoms with Crippen molar-refractivity contribution >= 4 is 30.1 Å². The summed E-state index contributed by atoms with van der Waals surface area (Å²) in [6, 6.07) is 0. The number of aromatic nitrogens is 2. The van der Waals surface area contributed by atoms with E-state index in [0.29, 0.717) is 12.3 Å². The predicted molar refractivity (Wildman–Crippen MR) is 77.0 cm³/mol. The van der Waals surface area contributed by atoms with Crippen LogP contribution in [0.15, 0.2) is 6.20 Å². The number of hydrogen-bond acceptors (Lipinski definition) is 4. The molecule has 2 aliphatic rings. The molecule has 2 aliphatic heterocycles. The average molecular weight is 283 g/mol. The molecule has 1 aromatic heterocycles. The van der Waals surface area contributed by atoms with Crippen molar-refractivity contribution in [2.24, 2.45) is 5.92 Å². The van der Waals surface area contributed by atoms with Gasteiger partial charge >= 0.3 is 0 Å². The molecule has 0 spiro atoms. The van der Waals surface area contributed by atoms with Crippen LogP contribution in [0.2, 0.25) is 0 Å². The van der Waals surface area contributed by atoms with E-state index < -0.39 is 0 Å². The third-order valence-electron chi connectivity index (χ3n) is 3.80. The maximum absolute atomic E-state index is 11.6. The highest BCUT2D eigenvalue weighted by molar-refractivity contribution is 5.99. The van der Waals surface area contributed by atoms with Crippen molar-refractivity contribution in [3.05, 3.63) is 11.8 Å². The van der Waals surface area contributed by atoms with E-state index in [0.717, 1.165) is 30.4 Å². The minimum Gasteiger partial charge on any atom is -0.341 e. The molecule has 5 nitrogen and oxygen atoms in total. The topological polar surface area (TPSA) is 49.3 Å². The number of likely N-dealkylation sites (N-methyl/N-ethyl adjacent to an activating group) is 1. The zero-order valence-electron chi connectivity index (χ0n) is 11.3. The lowest BCUT2D eigenvalue weighted by Gasteiger charge is -2.31. The molecule has 1 fully saturated rings. The number of carbonyl (C=O) groups excluding carboxylic acids is 1. The number of rotatable bonds is 1. The van der Waals surface area contributed by atoms with Crippen LogP contribution in [-0.2, 0) is 11.2 Å². The van der Waals surface area contributed by atoms with E-state index in [-0.39, 0.29) is 18.3 Å². The van der Waals surface area contributed by atoms with Gasteiger partial charge in [0, 0.05) is 31.9 Å².